The molecule has 2 heterocycles. The van der Waals surface area contributed by atoms with Crippen LogP contribution in [-0.2, 0) is 4.79 Å². The fourth-order valence-electron chi connectivity index (χ4n) is 2.89. The summed E-state index contributed by atoms with van der Waals surface area (Å²) in [6.45, 7) is 0.680. The van der Waals surface area contributed by atoms with Crippen molar-refractivity contribution in [2.45, 2.75) is 12.5 Å². The Morgan fingerprint density at radius 3 is 2.62 bits per heavy atom. The number of rotatable bonds is 4. The largest absolute Gasteiger partial charge is 0.354 e. The lowest BCUT2D eigenvalue weighted by Gasteiger charge is -2.25. The second-order valence-corrected chi connectivity index (χ2v) is 5.28. The molecule has 5 nitrogen and oxygen atoms in total. The first-order chi connectivity index (χ1) is 10.3. The van der Waals surface area contributed by atoms with Crippen molar-refractivity contribution in [3.8, 4) is 0 Å². The van der Waals surface area contributed by atoms with E-state index in [2.05, 4.69) is 27.4 Å². The first-order valence-corrected chi connectivity index (χ1v) is 7.07. The summed E-state index contributed by atoms with van der Waals surface area (Å²) in [7, 11) is 1.87. The van der Waals surface area contributed by atoms with Crippen LogP contribution in [-0.4, -0.2) is 34.4 Å². The SMILES string of the molecule is CN1C(=O)C[C@@H](CNc2ncccn2)[C@@H]1c1ccccc1. The number of hydrogen-bond acceptors (Lipinski definition) is 4. The van der Waals surface area contributed by atoms with Gasteiger partial charge < -0.3 is 10.2 Å². The fraction of sp³-hybridized carbons (Fsp3) is 0.312. The van der Waals surface area contributed by atoms with Gasteiger partial charge in [0.1, 0.15) is 0 Å². The molecule has 21 heavy (non-hydrogen) atoms. The van der Waals surface area contributed by atoms with Gasteiger partial charge in [0.15, 0.2) is 0 Å². The molecule has 1 aliphatic heterocycles. The molecule has 0 aliphatic carbocycles. The number of nitrogens with one attached hydrogen (secondary N) is 1. The average molecular weight is 282 g/mol. The second-order valence-electron chi connectivity index (χ2n) is 5.28. The topological polar surface area (TPSA) is 58.1 Å². The predicted molar refractivity (Wildman–Crippen MR) is 80.6 cm³/mol. The molecule has 0 radical (unpaired) electrons. The van der Waals surface area contributed by atoms with E-state index < -0.39 is 0 Å². The van der Waals surface area contributed by atoms with E-state index in [-0.39, 0.29) is 17.9 Å². The van der Waals surface area contributed by atoms with Gasteiger partial charge in [0.05, 0.1) is 6.04 Å². The lowest BCUT2D eigenvalue weighted by atomic mass is 9.94. The Morgan fingerprint density at radius 1 is 1.19 bits per heavy atom. The average Bonchev–Trinajstić information content (AvgIpc) is 2.82. The van der Waals surface area contributed by atoms with Crippen LogP contribution in [0.3, 0.4) is 0 Å². The Hall–Kier alpha value is -2.43. The van der Waals surface area contributed by atoms with E-state index in [0.29, 0.717) is 18.9 Å². The molecule has 5 heteroatoms. The summed E-state index contributed by atoms with van der Waals surface area (Å²) in [5, 5.41) is 3.23. The van der Waals surface area contributed by atoms with Gasteiger partial charge in [0.2, 0.25) is 11.9 Å². The minimum Gasteiger partial charge on any atom is -0.354 e. The maximum absolute atomic E-state index is 12.0. The van der Waals surface area contributed by atoms with Crippen molar-refractivity contribution in [2.75, 3.05) is 18.9 Å². The number of amides is 1. The van der Waals surface area contributed by atoms with E-state index in [1.54, 1.807) is 18.5 Å². The van der Waals surface area contributed by atoms with E-state index >= 15 is 0 Å². The van der Waals surface area contributed by atoms with Crippen molar-refractivity contribution >= 4 is 11.9 Å². The van der Waals surface area contributed by atoms with Gasteiger partial charge in [-0.25, -0.2) is 9.97 Å². The van der Waals surface area contributed by atoms with Crippen LogP contribution in [0.5, 0.6) is 0 Å². The summed E-state index contributed by atoms with van der Waals surface area (Å²) in [4.78, 5) is 22.2. The van der Waals surface area contributed by atoms with Crippen LogP contribution < -0.4 is 5.32 Å². The molecule has 0 unspecified atom stereocenters. The van der Waals surface area contributed by atoms with E-state index in [0.717, 1.165) is 0 Å². The summed E-state index contributed by atoms with van der Waals surface area (Å²) < 4.78 is 0. The summed E-state index contributed by atoms with van der Waals surface area (Å²) in [5.74, 6) is 1.00. The number of nitrogens with zero attached hydrogens (tertiary/aromatic N) is 3. The minimum absolute atomic E-state index is 0.106. The van der Waals surface area contributed by atoms with Crippen LogP contribution in [0.15, 0.2) is 48.8 Å². The van der Waals surface area contributed by atoms with Gasteiger partial charge in [-0.3, -0.25) is 4.79 Å². The van der Waals surface area contributed by atoms with Crippen molar-refractivity contribution in [1.29, 1.82) is 0 Å². The molecule has 0 spiro atoms. The van der Waals surface area contributed by atoms with Crippen LogP contribution in [0.1, 0.15) is 18.0 Å². The summed E-state index contributed by atoms with van der Waals surface area (Å²) >= 11 is 0. The summed E-state index contributed by atoms with van der Waals surface area (Å²) in [5.41, 5.74) is 1.17. The highest BCUT2D eigenvalue weighted by Crippen LogP contribution is 2.36. The third-order valence-electron chi connectivity index (χ3n) is 3.92. The minimum atomic E-state index is 0.106. The zero-order valence-electron chi connectivity index (χ0n) is 11.9. The first kappa shape index (κ1) is 13.5. The predicted octanol–water partition coefficient (Wildman–Crippen LogP) is 2.11. The van der Waals surface area contributed by atoms with Crippen molar-refractivity contribution < 1.29 is 4.79 Å². The molecule has 2 aromatic rings. The van der Waals surface area contributed by atoms with Gasteiger partial charge >= 0.3 is 0 Å². The molecule has 1 amide bonds. The molecule has 1 saturated heterocycles. The van der Waals surface area contributed by atoms with E-state index in [9.17, 15) is 4.79 Å². The maximum atomic E-state index is 12.0. The molecule has 3 rings (SSSR count). The van der Waals surface area contributed by atoms with Crippen molar-refractivity contribution in [3.63, 3.8) is 0 Å². The molecule has 108 valence electrons. The molecule has 1 aromatic heterocycles. The van der Waals surface area contributed by atoms with E-state index in [1.807, 2.05) is 30.1 Å². The van der Waals surface area contributed by atoms with Crippen molar-refractivity contribution in [2.24, 2.45) is 5.92 Å². The Balaban J connectivity index is 1.75. The van der Waals surface area contributed by atoms with Crippen LogP contribution in [0, 0.1) is 5.92 Å². The van der Waals surface area contributed by atoms with Gasteiger partial charge in [-0.1, -0.05) is 30.3 Å². The summed E-state index contributed by atoms with van der Waals surface area (Å²) in [6, 6.07) is 12.1. The Kier molecular flexibility index (Phi) is 3.81. The molecule has 1 N–H and O–H groups in total. The quantitative estimate of drug-likeness (QED) is 0.933. The molecule has 0 bridgehead atoms. The Labute approximate surface area is 124 Å². The molecule has 2 atom stereocenters. The highest BCUT2D eigenvalue weighted by Gasteiger charge is 2.38. The zero-order valence-corrected chi connectivity index (χ0v) is 11.9. The van der Waals surface area contributed by atoms with Gasteiger partial charge in [-0.05, 0) is 11.6 Å². The van der Waals surface area contributed by atoms with Gasteiger partial charge in [-0.2, -0.15) is 0 Å². The van der Waals surface area contributed by atoms with Crippen LogP contribution in [0.25, 0.3) is 0 Å². The van der Waals surface area contributed by atoms with Crippen LogP contribution in [0.4, 0.5) is 5.95 Å². The lowest BCUT2D eigenvalue weighted by Crippen LogP contribution is -2.26. The number of carbonyl (C=O) groups excluding carboxylic acids is 1. The van der Waals surface area contributed by atoms with Crippen LogP contribution >= 0.6 is 0 Å². The molecule has 1 fully saturated rings. The molecular formula is C16H18N4O. The highest BCUT2D eigenvalue weighted by atomic mass is 16.2. The Bertz CT molecular complexity index is 602. The maximum Gasteiger partial charge on any atom is 0.223 e. The normalized spacial score (nSPS) is 21.6. The molecule has 1 aliphatic rings. The molecule has 0 saturated carbocycles. The van der Waals surface area contributed by atoms with Crippen molar-refractivity contribution in [1.82, 2.24) is 14.9 Å². The van der Waals surface area contributed by atoms with Gasteiger partial charge in [-0.15, -0.1) is 0 Å². The van der Waals surface area contributed by atoms with Gasteiger partial charge in [0, 0.05) is 38.3 Å². The number of benzene rings is 1. The lowest BCUT2D eigenvalue weighted by molar-refractivity contribution is -0.127. The number of carbonyl (C=O) groups is 1. The van der Waals surface area contributed by atoms with Crippen molar-refractivity contribution in [3.05, 3.63) is 54.4 Å². The third-order valence-corrected chi connectivity index (χ3v) is 3.92. The van der Waals surface area contributed by atoms with E-state index in [4.69, 9.17) is 0 Å². The third kappa shape index (κ3) is 2.86. The molecular weight excluding hydrogens is 264 g/mol. The van der Waals surface area contributed by atoms with Crippen LogP contribution in [0.2, 0.25) is 0 Å². The fourth-order valence-corrected chi connectivity index (χ4v) is 2.89. The molecule has 1 aromatic carbocycles. The second kappa shape index (κ2) is 5.91. The van der Waals surface area contributed by atoms with Gasteiger partial charge in [0.25, 0.3) is 0 Å². The number of likely N-dealkylation sites (tertiary alicyclic amines) is 1. The number of anilines is 1. The smallest absolute Gasteiger partial charge is 0.223 e. The van der Waals surface area contributed by atoms with E-state index in [1.165, 1.54) is 5.56 Å². The summed E-state index contributed by atoms with van der Waals surface area (Å²) in [6.07, 6.45) is 3.96. The first-order valence-electron chi connectivity index (χ1n) is 7.07. The Morgan fingerprint density at radius 2 is 1.90 bits per heavy atom. The zero-order chi connectivity index (χ0) is 14.7. The standard InChI is InChI=1S/C16H18N4O/c1-20-14(21)10-13(11-19-16-17-8-5-9-18-16)15(20)12-6-3-2-4-7-12/h2-9,13,15H,10-11H2,1H3,(H,17,18,19)/t13-,15-/m0/s1. The monoisotopic (exact) mass is 282 g/mol. The number of aromatic nitrogens is 2. The number of hydrogen-bond donors (Lipinski definition) is 1. The highest BCUT2D eigenvalue weighted by molar-refractivity contribution is 5.79.